The third-order valence-electron chi connectivity index (χ3n) is 6.09. The van der Waals surface area contributed by atoms with Crippen molar-refractivity contribution in [2.75, 3.05) is 33.2 Å². The van der Waals surface area contributed by atoms with Crippen LogP contribution in [0.2, 0.25) is 0 Å². The SMILES string of the molecule is CN1CCC(C(=O)N2C[C@H]3CC[C@@H](Oc4cccnc4)[C@H]3C2)CC1.O=CO. The number of nitrogens with zero attached hydrogens (tertiary/aromatic N) is 3. The molecule has 0 bridgehead atoms. The number of pyridine rings is 1. The van der Waals surface area contributed by atoms with Crippen LogP contribution in [0.3, 0.4) is 0 Å². The monoisotopic (exact) mass is 375 g/mol. The summed E-state index contributed by atoms with van der Waals surface area (Å²) in [6.45, 7) is 3.65. The third kappa shape index (κ3) is 4.77. The van der Waals surface area contributed by atoms with E-state index in [-0.39, 0.29) is 18.5 Å². The van der Waals surface area contributed by atoms with E-state index >= 15 is 0 Å². The van der Waals surface area contributed by atoms with E-state index in [4.69, 9.17) is 14.6 Å². The number of aromatic nitrogens is 1. The van der Waals surface area contributed by atoms with Gasteiger partial charge >= 0.3 is 0 Å². The van der Waals surface area contributed by atoms with Gasteiger partial charge in [0.1, 0.15) is 11.9 Å². The minimum Gasteiger partial charge on any atom is -0.488 e. The maximum atomic E-state index is 12.9. The molecule has 3 aliphatic rings. The van der Waals surface area contributed by atoms with Gasteiger partial charge < -0.3 is 19.6 Å². The third-order valence-corrected chi connectivity index (χ3v) is 6.09. The van der Waals surface area contributed by atoms with Crippen LogP contribution in [0.5, 0.6) is 5.75 Å². The summed E-state index contributed by atoms with van der Waals surface area (Å²) in [7, 11) is 2.14. The highest BCUT2D eigenvalue weighted by atomic mass is 16.5. The Morgan fingerprint density at radius 3 is 2.67 bits per heavy atom. The van der Waals surface area contributed by atoms with E-state index < -0.39 is 0 Å². The standard InChI is InChI=1S/C19H27N3O2.CH2O2/c1-21-9-6-14(7-10-21)19(23)22-12-15-4-5-18(17(15)13-22)24-16-3-2-8-20-11-16;2-1-3/h2-3,8,11,14-15,17-18H,4-7,9-10,12-13H2,1H3;1H,(H,2,3)/t15-,17+,18-;/m1./s1. The number of hydrogen-bond acceptors (Lipinski definition) is 5. The summed E-state index contributed by atoms with van der Waals surface area (Å²) in [5, 5.41) is 6.89. The average molecular weight is 375 g/mol. The molecule has 2 aliphatic heterocycles. The van der Waals surface area contributed by atoms with Crippen molar-refractivity contribution in [1.29, 1.82) is 0 Å². The fraction of sp³-hybridized carbons (Fsp3) is 0.650. The lowest BCUT2D eigenvalue weighted by Crippen LogP contribution is -2.41. The molecule has 3 atom stereocenters. The molecule has 0 spiro atoms. The van der Waals surface area contributed by atoms with Gasteiger partial charge in [-0.15, -0.1) is 0 Å². The van der Waals surface area contributed by atoms with Gasteiger partial charge in [0.25, 0.3) is 6.47 Å². The Labute approximate surface area is 160 Å². The van der Waals surface area contributed by atoms with Gasteiger partial charge in [-0.05, 0) is 63.9 Å². The van der Waals surface area contributed by atoms with Crippen LogP contribution in [0.25, 0.3) is 0 Å². The number of rotatable bonds is 3. The second-order valence-electron chi connectivity index (χ2n) is 7.77. The molecule has 1 amide bonds. The number of likely N-dealkylation sites (tertiary alicyclic amines) is 2. The molecule has 1 aromatic heterocycles. The maximum Gasteiger partial charge on any atom is 0.290 e. The van der Waals surface area contributed by atoms with E-state index in [1.165, 1.54) is 6.42 Å². The molecular formula is C20H29N3O4. The lowest BCUT2D eigenvalue weighted by atomic mass is 9.95. The lowest BCUT2D eigenvalue weighted by molar-refractivity contribution is -0.136. The smallest absolute Gasteiger partial charge is 0.290 e. The predicted molar refractivity (Wildman–Crippen MR) is 100 cm³/mol. The van der Waals surface area contributed by atoms with Crippen LogP contribution in [-0.2, 0) is 9.59 Å². The number of carboxylic acid groups (broad SMARTS) is 1. The van der Waals surface area contributed by atoms with Crippen molar-refractivity contribution in [2.24, 2.45) is 17.8 Å². The molecule has 0 unspecified atom stereocenters. The molecule has 3 fully saturated rings. The van der Waals surface area contributed by atoms with E-state index in [1.807, 2.05) is 12.1 Å². The highest BCUT2D eigenvalue weighted by Crippen LogP contribution is 2.40. The van der Waals surface area contributed by atoms with Crippen LogP contribution in [0.4, 0.5) is 0 Å². The Morgan fingerprint density at radius 2 is 2.00 bits per heavy atom. The summed E-state index contributed by atoms with van der Waals surface area (Å²) in [5.41, 5.74) is 0. The first-order valence-corrected chi connectivity index (χ1v) is 9.74. The molecule has 0 aromatic carbocycles. The van der Waals surface area contributed by atoms with Gasteiger partial charge in [-0.25, -0.2) is 0 Å². The topological polar surface area (TPSA) is 83.0 Å². The van der Waals surface area contributed by atoms with Crippen molar-refractivity contribution >= 4 is 12.4 Å². The van der Waals surface area contributed by atoms with E-state index in [2.05, 4.69) is 21.8 Å². The Bertz CT molecular complexity index is 619. The maximum absolute atomic E-state index is 12.9. The number of piperidine rings is 1. The summed E-state index contributed by atoms with van der Waals surface area (Å²) >= 11 is 0. The van der Waals surface area contributed by atoms with Gasteiger partial charge in [-0.1, -0.05) is 0 Å². The summed E-state index contributed by atoms with van der Waals surface area (Å²) in [4.78, 5) is 29.8. The molecule has 1 saturated carbocycles. The van der Waals surface area contributed by atoms with E-state index in [0.29, 0.717) is 17.7 Å². The Morgan fingerprint density at radius 1 is 1.26 bits per heavy atom. The Hall–Kier alpha value is -2.15. The average Bonchev–Trinajstić information content (AvgIpc) is 3.25. The van der Waals surface area contributed by atoms with E-state index in [9.17, 15) is 4.79 Å². The number of carbonyl (C=O) groups excluding carboxylic acids is 1. The molecule has 3 heterocycles. The molecule has 1 aliphatic carbocycles. The fourth-order valence-corrected chi connectivity index (χ4v) is 4.65. The first-order chi connectivity index (χ1) is 13.1. The molecule has 0 radical (unpaired) electrons. The summed E-state index contributed by atoms with van der Waals surface area (Å²) in [5.74, 6) is 2.57. The largest absolute Gasteiger partial charge is 0.488 e. The molecule has 1 N–H and O–H groups in total. The van der Waals surface area contributed by atoms with Crippen molar-refractivity contribution in [3.63, 3.8) is 0 Å². The summed E-state index contributed by atoms with van der Waals surface area (Å²) in [6.07, 6.45) is 8.07. The van der Waals surface area contributed by atoms with Crippen LogP contribution >= 0.6 is 0 Å². The van der Waals surface area contributed by atoms with Gasteiger partial charge in [0.15, 0.2) is 0 Å². The molecule has 7 heteroatoms. The predicted octanol–water partition coefficient (Wildman–Crippen LogP) is 1.74. The molecule has 27 heavy (non-hydrogen) atoms. The summed E-state index contributed by atoms with van der Waals surface area (Å²) in [6, 6.07) is 3.88. The van der Waals surface area contributed by atoms with Crippen molar-refractivity contribution in [1.82, 2.24) is 14.8 Å². The molecule has 2 saturated heterocycles. The minimum absolute atomic E-state index is 0.231. The zero-order valence-electron chi connectivity index (χ0n) is 15.9. The van der Waals surface area contributed by atoms with Gasteiger partial charge in [-0.2, -0.15) is 0 Å². The van der Waals surface area contributed by atoms with Crippen molar-refractivity contribution in [3.8, 4) is 5.75 Å². The van der Waals surface area contributed by atoms with Crippen LogP contribution in [0.15, 0.2) is 24.5 Å². The van der Waals surface area contributed by atoms with Crippen LogP contribution < -0.4 is 4.74 Å². The highest BCUT2D eigenvalue weighted by molar-refractivity contribution is 5.79. The summed E-state index contributed by atoms with van der Waals surface area (Å²) < 4.78 is 6.17. The fourth-order valence-electron chi connectivity index (χ4n) is 4.65. The quantitative estimate of drug-likeness (QED) is 0.811. The van der Waals surface area contributed by atoms with Gasteiger partial charge in [0.05, 0.1) is 6.20 Å². The van der Waals surface area contributed by atoms with Crippen molar-refractivity contribution in [3.05, 3.63) is 24.5 Å². The molecule has 4 rings (SSSR count). The van der Waals surface area contributed by atoms with Crippen molar-refractivity contribution in [2.45, 2.75) is 31.8 Å². The van der Waals surface area contributed by atoms with Gasteiger partial charge in [-0.3, -0.25) is 14.6 Å². The van der Waals surface area contributed by atoms with Crippen LogP contribution in [-0.4, -0.2) is 71.6 Å². The van der Waals surface area contributed by atoms with E-state index in [0.717, 1.165) is 51.2 Å². The van der Waals surface area contributed by atoms with E-state index in [1.54, 1.807) is 12.4 Å². The van der Waals surface area contributed by atoms with Crippen molar-refractivity contribution < 1.29 is 19.4 Å². The molecule has 1 aromatic rings. The number of amides is 1. The minimum atomic E-state index is -0.250. The number of fused-ring (bicyclic) bond motifs is 1. The zero-order chi connectivity index (χ0) is 19.2. The second-order valence-corrected chi connectivity index (χ2v) is 7.77. The Kier molecular flexibility index (Phi) is 6.66. The normalized spacial score (nSPS) is 28.2. The highest BCUT2D eigenvalue weighted by Gasteiger charge is 2.46. The second kappa shape index (κ2) is 9.17. The lowest BCUT2D eigenvalue weighted by Gasteiger charge is -2.31. The molecular weight excluding hydrogens is 346 g/mol. The molecule has 148 valence electrons. The van der Waals surface area contributed by atoms with Crippen LogP contribution in [0.1, 0.15) is 25.7 Å². The zero-order valence-corrected chi connectivity index (χ0v) is 15.9. The molecule has 7 nitrogen and oxygen atoms in total. The Balaban J connectivity index is 0.000000659. The number of carbonyl (C=O) groups is 2. The number of ether oxygens (including phenoxy) is 1. The number of hydrogen-bond donors (Lipinski definition) is 1. The first kappa shape index (κ1) is 19.6. The van der Waals surface area contributed by atoms with Gasteiger partial charge in [0, 0.05) is 31.1 Å². The van der Waals surface area contributed by atoms with Gasteiger partial charge in [0.2, 0.25) is 5.91 Å². The van der Waals surface area contributed by atoms with Crippen LogP contribution in [0, 0.1) is 17.8 Å². The first-order valence-electron chi connectivity index (χ1n) is 9.74.